The summed E-state index contributed by atoms with van der Waals surface area (Å²) in [6, 6.07) is 0. The van der Waals surface area contributed by atoms with Gasteiger partial charge in [0.05, 0.1) is 0 Å². The van der Waals surface area contributed by atoms with Crippen LogP contribution < -0.4 is 0 Å². The zero-order chi connectivity index (χ0) is 5.98. The third-order valence-electron chi connectivity index (χ3n) is 0.700. The zero-order valence-electron chi connectivity index (χ0n) is 3.98. The number of allylic oxidation sites excluding steroid dienone is 1. The van der Waals surface area contributed by atoms with Crippen molar-refractivity contribution in [3.8, 4) is 0 Å². The minimum atomic E-state index is -1.20. The normalized spacial score (nSPS) is 28.8. The summed E-state index contributed by atoms with van der Waals surface area (Å²) < 4.78 is 3.66. The second kappa shape index (κ2) is 2.00. The van der Waals surface area contributed by atoms with E-state index in [2.05, 4.69) is 4.40 Å². The van der Waals surface area contributed by atoms with Gasteiger partial charge in [0.25, 0.3) is 0 Å². The smallest absolute Gasteiger partial charge is 0.367 e. The molecular formula is C4H5NO2S. The van der Waals surface area contributed by atoms with Crippen LogP contribution in [-0.4, -0.2) is 16.6 Å². The molecule has 1 rings (SSSR count). The van der Waals surface area contributed by atoms with Crippen molar-refractivity contribution in [1.82, 2.24) is 0 Å². The van der Waals surface area contributed by atoms with Crippen LogP contribution in [0.5, 0.6) is 0 Å². The van der Waals surface area contributed by atoms with Crippen molar-refractivity contribution >= 4 is 22.6 Å². The summed E-state index contributed by atoms with van der Waals surface area (Å²) in [6.07, 6.45) is 3.17. The third-order valence-corrected chi connectivity index (χ3v) is 1.93. The molecule has 1 aliphatic rings. The fraction of sp³-hybridized carbons (Fsp3) is 0. The van der Waals surface area contributed by atoms with Crippen molar-refractivity contribution in [3.05, 3.63) is 11.5 Å². The Labute approximate surface area is 49.2 Å². The number of rotatable bonds is 0. The Morgan fingerprint density at radius 3 is 2.75 bits per heavy atom. The van der Waals surface area contributed by atoms with Crippen molar-refractivity contribution in [2.45, 2.75) is 0 Å². The molecule has 1 N–H and O–H groups in total. The van der Waals surface area contributed by atoms with Crippen LogP contribution in [0.4, 0.5) is 4.79 Å². The van der Waals surface area contributed by atoms with Crippen LogP contribution in [0.15, 0.2) is 15.9 Å². The van der Waals surface area contributed by atoms with Gasteiger partial charge in [-0.3, -0.25) is 0 Å². The molecule has 1 atom stereocenters. The number of hydrogen-bond donors (Lipinski definition) is 2. The standard InChI is InChI=1S/C4H5NO2S/c6-4(7)8-3-1-2-5-8/h1-3,8H,(H,6,7). The molecule has 0 bridgehead atoms. The molecule has 0 aliphatic carbocycles. The van der Waals surface area contributed by atoms with Crippen molar-refractivity contribution in [2.75, 3.05) is 0 Å². The minimum Gasteiger partial charge on any atom is -0.473 e. The molecule has 8 heavy (non-hydrogen) atoms. The third kappa shape index (κ3) is 0.894. The van der Waals surface area contributed by atoms with Gasteiger partial charge in [-0.05, 0) is 22.6 Å². The van der Waals surface area contributed by atoms with E-state index in [-0.39, 0.29) is 0 Å². The van der Waals surface area contributed by atoms with Crippen LogP contribution in [-0.2, 0) is 0 Å². The number of nitrogens with zero attached hydrogens (tertiary/aromatic N) is 1. The van der Waals surface area contributed by atoms with Crippen molar-refractivity contribution in [1.29, 1.82) is 0 Å². The summed E-state index contributed by atoms with van der Waals surface area (Å²) in [5, 5.41) is 9.04. The Balaban J connectivity index is 2.62. The van der Waals surface area contributed by atoms with Crippen LogP contribution >= 0.6 is 11.1 Å². The maximum Gasteiger partial charge on any atom is 0.367 e. The molecule has 3 nitrogen and oxygen atoms in total. The minimum absolute atomic E-state index is 0.829. The summed E-state index contributed by atoms with van der Waals surface area (Å²) in [7, 11) is 0. The second-order valence-electron chi connectivity index (χ2n) is 1.23. The van der Waals surface area contributed by atoms with Gasteiger partial charge in [-0.2, -0.15) is 0 Å². The molecule has 0 spiro atoms. The summed E-state index contributed by atoms with van der Waals surface area (Å²) in [6.45, 7) is 0. The SMILES string of the molecule is O=C(O)[SH]1C=CC=N1. The maximum absolute atomic E-state index is 10.1. The molecule has 1 unspecified atom stereocenters. The quantitative estimate of drug-likeness (QED) is 0.485. The predicted octanol–water partition coefficient (Wildman–Crippen LogP) is 1.18. The first kappa shape index (κ1) is 5.37. The average molecular weight is 131 g/mol. The van der Waals surface area contributed by atoms with Crippen LogP contribution in [0.2, 0.25) is 0 Å². The van der Waals surface area contributed by atoms with Crippen molar-refractivity contribution in [3.63, 3.8) is 0 Å². The first-order chi connectivity index (χ1) is 3.80. The highest BCUT2D eigenvalue weighted by Crippen LogP contribution is 2.31. The summed E-state index contributed by atoms with van der Waals surface area (Å²) in [4.78, 5) is 10.1. The molecule has 1 heterocycles. The summed E-state index contributed by atoms with van der Waals surface area (Å²) >= 11 is -1.20. The van der Waals surface area contributed by atoms with E-state index >= 15 is 0 Å². The summed E-state index contributed by atoms with van der Waals surface area (Å²) in [5.74, 6) is 0. The molecule has 1 aliphatic heterocycles. The molecule has 44 valence electrons. The van der Waals surface area contributed by atoms with Crippen LogP contribution in [0.3, 0.4) is 0 Å². The maximum atomic E-state index is 10.1. The fourth-order valence-corrected chi connectivity index (χ4v) is 1.15. The topological polar surface area (TPSA) is 49.7 Å². The van der Waals surface area contributed by atoms with E-state index in [1.165, 1.54) is 6.21 Å². The Morgan fingerprint density at radius 2 is 2.50 bits per heavy atom. The number of carbonyl (C=O) groups is 1. The van der Waals surface area contributed by atoms with Gasteiger partial charge in [0.2, 0.25) is 0 Å². The molecule has 0 aromatic carbocycles. The first-order valence-electron chi connectivity index (χ1n) is 2.03. The summed E-state index contributed by atoms with van der Waals surface area (Å²) in [5.41, 5.74) is 0. The molecule has 0 saturated carbocycles. The van der Waals surface area contributed by atoms with E-state index in [0.29, 0.717) is 0 Å². The van der Waals surface area contributed by atoms with E-state index in [0.717, 1.165) is 0 Å². The molecule has 0 aromatic heterocycles. The van der Waals surface area contributed by atoms with Gasteiger partial charge in [-0.15, -0.1) is 0 Å². The number of thiol groups is 1. The van der Waals surface area contributed by atoms with Gasteiger partial charge in [0.15, 0.2) is 0 Å². The van der Waals surface area contributed by atoms with Gasteiger partial charge in [-0.25, -0.2) is 9.19 Å². The average Bonchev–Trinajstić information content (AvgIpc) is 2.12. The first-order valence-corrected chi connectivity index (χ1v) is 3.40. The van der Waals surface area contributed by atoms with Gasteiger partial charge < -0.3 is 5.11 Å². The van der Waals surface area contributed by atoms with Crippen LogP contribution in [0.1, 0.15) is 0 Å². The van der Waals surface area contributed by atoms with E-state index in [1.54, 1.807) is 11.5 Å². The van der Waals surface area contributed by atoms with E-state index in [1.807, 2.05) is 0 Å². The van der Waals surface area contributed by atoms with Gasteiger partial charge in [-0.1, -0.05) is 0 Å². The molecule has 0 radical (unpaired) electrons. The van der Waals surface area contributed by atoms with Crippen molar-refractivity contribution in [2.24, 2.45) is 4.40 Å². The molecule has 0 amide bonds. The Bertz CT molecular complexity index is 151. The highest BCUT2D eigenvalue weighted by Gasteiger charge is 2.06. The zero-order valence-corrected chi connectivity index (χ0v) is 4.88. The highest BCUT2D eigenvalue weighted by atomic mass is 32.2. The van der Waals surface area contributed by atoms with Gasteiger partial charge in [0.1, 0.15) is 0 Å². The van der Waals surface area contributed by atoms with Gasteiger partial charge in [0, 0.05) is 6.21 Å². The lowest BCUT2D eigenvalue weighted by atomic mass is 10.7. The Kier molecular flexibility index (Phi) is 1.34. The number of hydrogen-bond acceptors (Lipinski definition) is 2. The highest BCUT2D eigenvalue weighted by molar-refractivity contribution is 8.31. The lowest BCUT2D eigenvalue weighted by Gasteiger charge is -1.97. The molecule has 0 saturated heterocycles. The van der Waals surface area contributed by atoms with E-state index in [9.17, 15) is 4.79 Å². The molecular weight excluding hydrogens is 126 g/mol. The lowest BCUT2D eigenvalue weighted by Crippen LogP contribution is -1.85. The molecule has 4 heteroatoms. The van der Waals surface area contributed by atoms with Crippen molar-refractivity contribution < 1.29 is 9.90 Å². The fourth-order valence-electron chi connectivity index (χ4n) is 0.382. The van der Waals surface area contributed by atoms with Gasteiger partial charge >= 0.3 is 5.30 Å². The molecule has 0 aromatic rings. The monoisotopic (exact) mass is 131 g/mol. The molecule has 0 fully saturated rings. The number of carboxylic acid groups (broad SMARTS) is 1. The van der Waals surface area contributed by atoms with E-state index in [4.69, 9.17) is 5.11 Å². The van der Waals surface area contributed by atoms with E-state index < -0.39 is 16.4 Å². The van der Waals surface area contributed by atoms with Crippen LogP contribution in [0.25, 0.3) is 0 Å². The lowest BCUT2D eigenvalue weighted by molar-refractivity contribution is 0.222. The predicted molar refractivity (Wildman–Crippen MR) is 34.6 cm³/mol. The Hall–Kier alpha value is -0.770. The Morgan fingerprint density at radius 1 is 1.75 bits per heavy atom. The second-order valence-corrected chi connectivity index (χ2v) is 2.83. The van der Waals surface area contributed by atoms with Crippen LogP contribution in [0, 0.1) is 0 Å². The largest absolute Gasteiger partial charge is 0.473 e.